The Bertz CT molecular complexity index is 1020. The van der Waals surface area contributed by atoms with Crippen molar-refractivity contribution in [3.05, 3.63) is 75.5 Å². The highest BCUT2D eigenvalue weighted by atomic mass is 32.1. The van der Waals surface area contributed by atoms with Gasteiger partial charge in [0.2, 0.25) is 0 Å². The van der Waals surface area contributed by atoms with E-state index >= 15 is 0 Å². The van der Waals surface area contributed by atoms with Gasteiger partial charge in [-0.1, -0.05) is 18.2 Å². The first-order valence-electron chi connectivity index (χ1n) is 9.26. The van der Waals surface area contributed by atoms with Gasteiger partial charge in [0.25, 0.3) is 5.91 Å². The van der Waals surface area contributed by atoms with E-state index in [2.05, 4.69) is 22.2 Å². The van der Waals surface area contributed by atoms with Crippen LogP contribution in [0.15, 0.2) is 53.9 Å². The van der Waals surface area contributed by atoms with Crippen LogP contribution in [0.3, 0.4) is 0 Å². The fourth-order valence-electron chi connectivity index (χ4n) is 3.33. The topological polar surface area (TPSA) is 47.6 Å². The third kappa shape index (κ3) is 4.74. The van der Waals surface area contributed by atoms with Crippen LogP contribution < -0.4 is 14.8 Å². The molecule has 150 valence electrons. The largest absolute Gasteiger partial charge is 0.489 e. The van der Waals surface area contributed by atoms with Gasteiger partial charge in [0, 0.05) is 5.56 Å². The number of para-hydroxylation sites is 2. The van der Waals surface area contributed by atoms with E-state index in [9.17, 15) is 13.6 Å². The first-order chi connectivity index (χ1) is 14.1. The van der Waals surface area contributed by atoms with Crippen molar-refractivity contribution in [2.45, 2.75) is 32.5 Å². The van der Waals surface area contributed by atoms with Gasteiger partial charge in [-0.15, -0.1) is 11.3 Å². The van der Waals surface area contributed by atoms with E-state index in [1.54, 1.807) is 18.2 Å². The minimum absolute atomic E-state index is 0.0763. The molecule has 4 rings (SSSR count). The first-order valence-corrected chi connectivity index (χ1v) is 10.1. The van der Waals surface area contributed by atoms with Crippen molar-refractivity contribution < 1.29 is 23.0 Å². The fraction of sp³-hybridized carbons (Fsp3) is 0.227. The number of alkyl halides is 2. The smallest absolute Gasteiger partial charge is 0.387 e. The Balaban J connectivity index is 1.38. The lowest BCUT2D eigenvalue weighted by atomic mass is 10.1. The van der Waals surface area contributed by atoms with Crippen molar-refractivity contribution in [2.75, 3.05) is 5.32 Å². The number of hydrogen-bond acceptors (Lipinski definition) is 4. The minimum atomic E-state index is -2.96. The number of anilines is 1. The van der Waals surface area contributed by atoms with Gasteiger partial charge in [-0.2, -0.15) is 8.78 Å². The van der Waals surface area contributed by atoms with E-state index in [0.717, 1.165) is 24.2 Å². The maximum Gasteiger partial charge on any atom is 0.387 e. The van der Waals surface area contributed by atoms with Crippen LogP contribution in [-0.4, -0.2) is 12.5 Å². The van der Waals surface area contributed by atoms with Gasteiger partial charge in [0.15, 0.2) is 0 Å². The first kappa shape index (κ1) is 19.4. The molecule has 1 heterocycles. The molecule has 1 aromatic heterocycles. The average molecular weight is 415 g/mol. The summed E-state index contributed by atoms with van der Waals surface area (Å²) in [5.41, 5.74) is 3.81. The highest BCUT2D eigenvalue weighted by Crippen LogP contribution is 2.28. The van der Waals surface area contributed by atoms with Crippen LogP contribution in [0.2, 0.25) is 0 Å². The molecule has 3 aromatic rings. The molecule has 0 fully saturated rings. The fourth-order valence-corrected chi connectivity index (χ4v) is 4.12. The van der Waals surface area contributed by atoms with Gasteiger partial charge in [-0.05, 0) is 66.1 Å². The number of carbonyl (C=O) groups excluding carboxylic acids is 1. The summed E-state index contributed by atoms with van der Waals surface area (Å²) in [6.45, 7) is -2.61. The quantitative estimate of drug-likeness (QED) is 0.541. The Morgan fingerprint density at radius 1 is 1.10 bits per heavy atom. The van der Waals surface area contributed by atoms with Crippen molar-refractivity contribution in [1.82, 2.24) is 0 Å². The number of aryl methyl sites for hydroxylation is 2. The number of thiophene rings is 1. The minimum Gasteiger partial charge on any atom is -0.489 e. The zero-order chi connectivity index (χ0) is 20.2. The standard InChI is InChI=1S/C22H19F2NO3S/c23-22(24)28-19-7-2-1-6-18(19)25-21(26)20-10-14(13-29-20)12-27-17-9-8-15-4-3-5-16(15)11-17/h1-2,6-11,13,22H,3-5,12H2,(H,25,26). The lowest BCUT2D eigenvalue weighted by Gasteiger charge is -2.11. The predicted octanol–water partition coefficient (Wildman–Crippen LogP) is 5.67. The third-order valence-corrected chi connectivity index (χ3v) is 5.68. The normalized spacial score (nSPS) is 12.7. The lowest BCUT2D eigenvalue weighted by molar-refractivity contribution is -0.0493. The van der Waals surface area contributed by atoms with Gasteiger partial charge in [0.05, 0.1) is 10.6 Å². The second-order valence-corrected chi connectivity index (χ2v) is 7.63. The second kappa shape index (κ2) is 8.61. The van der Waals surface area contributed by atoms with Crippen LogP contribution >= 0.6 is 11.3 Å². The molecule has 2 aromatic carbocycles. The molecule has 0 atom stereocenters. The van der Waals surface area contributed by atoms with E-state index in [-0.39, 0.29) is 17.3 Å². The molecular weight excluding hydrogens is 396 g/mol. The van der Waals surface area contributed by atoms with Gasteiger partial charge in [0.1, 0.15) is 18.1 Å². The predicted molar refractivity (Wildman–Crippen MR) is 108 cm³/mol. The van der Waals surface area contributed by atoms with Crippen LogP contribution in [0.1, 0.15) is 32.8 Å². The second-order valence-electron chi connectivity index (χ2n) is 6.72. The van der Waals surface area contributed by atoms with Crippen LogP contribution in [-0.2, 0) is 19.4 Å². The van der Waals surface area contributed by atoms with Crippen molar-refractivity contribution in [3.8, 4) is 11.5 Å². The SMILES string of the molecule is O=C(Nc1ccccc1OC(F)F)c1cc(COc2ccc3c(c2)CCC3)cs1. The molecule has 7 heteroatoms. The maximum atomic E-state index is 12.5. The average Bonchev–Trinajstić information content (AvgIpc) is 3.36. The molecule has 1 amide bonds. The molecular formula is C22H19F2NO3S. The summed E-state index contributed by atoms with van der Waals surface area (Å²) in [5.74, 6) is 0.359. The van der Waals surface area contributed by atoms with Crippen LogP contribution in [0.5, 0.6) is 11.5 Å². The van der Waals surface area contributed by atoms with Gasteiger partial charge >= 0.3 is 6.61 Å². The van der Waals surface area contributed by atoms with Crippen LogP contribution in [0.25, 0.3) is 0 Å². The van der Waals surface area contributed by atoms with Gasteiger partial charge in [-0.3, -0.25) is 4.79 Å². The van der Waals surface area contributed by atoms with Crippen molar-refractivity contribution in [3.63, 3.8) is 0 Å². The Labute approximate surface area is 171 Å². The van der Waals surface area contributed by atoms with E-state index in [0.29, 0.717) is 11.5 Å². The molecule has 0 aliphatic heterocycles. The molecule has 0 bridgehead atoms. The van der Waals surface area contributed by atoms with Gasteiger partial charge < -0.3 is 14.8 Å². The number of benzene rings is 2. The molecule has 4 nitrogen and oxygen atoms in total. The monoisotopic (exact) mass is 415 g/mol. The highest BCUT2D eigenvalue weighted by Gasteiger charge is 2.15. The Morgan fingerprint density at radius 2 is 1.93 bits per heavy atom. The molecule has 0 saturated heterocycles. The molecule has 0 spiro atoms. The summed E-state index contributed by atoms with van der Waals surface area (Å²) in [7, 11) is 0. The van der Waals surface area contributed by atoms with E-state index in [4.69, 9.17) is 4.74 Å². The summed E-state index contributed by atoms with van der Waals surface area (Å²) in [6.07, 6.45) is 3.41. The lowest BCUT2D eigenvalue weighted by Crippen LogP contribution is -2.12. The Morgan fingerprint density at radius 3 is 2.79 bits per heavy atom. The maximum absolute atomic E-state index is 12.5. The summed E-state index contributed by atoms with van der Waals surface area (Å²) < 4.78 is 35.3. The number of rotatable bonds is 7. The molecule has 0 radical (unpaired) electrons. The number of amides is 1. The van der Waals surface area contributed by atoms with Crippen molar-refractivity contribution in [1.29, 1.82) is 0 Å². The van der Waals surface area contributed by atoms with E-state index < -0.39 is 6.61 Å². The van der Waals surface area contributed by atoms with Crippen LogP contribution in [0, 0.1) is 0 Å². The number of ether oxygens (including phenoxy) is 2. The molecule has 1 aliphatic carbocycles. The summed E-state index contributed by atoms with van der Waals surface area (Å²) >= 11 is 1.27. The molecule has 1 N–H and O–H groups in total. The number of hydrogen-bond donors (Lipinski definition) is 1. The number of halogens is 2. The zero-order valence-electron chi connectivity index (χ0n) is 15.5. The van der Waals surface area contributed by atoms with E-state index in [1.165, 1.54) is 41.0 Å². The molecule has 0 saturated carbocycles. The van der Waals surface area contributed by atoms with Crippen LogP contribution in [0.4, 0.5) is 14.5 Å². The number of nitrogens with one attached hydrogen (secondary N) is 1. The Hall–Kier alpha value is -2.93. The summed E-state index contributed by atoms with van der Waals surface area (Å²) in [5, 5.41) is 4.47. The number of carbonyl (C=O) groups is 1. The molecule has 1 aliphatic rings. The highest BCUT2D eigenvalue weighted by molar-refractivity contribution is 7.12. The third-order valence-electron chi connectivity index (χ3n) is 4.70. The molecule has 0 unspecified atom stereocenters. The number of fused-ring (bicyclic) bond motifs is 1. The summed E-state index contributed by atoms with van der Waals surface area (Å²) in [4.78, 5) is 12.9. The molecule has 29 heavy (non-hydrogen) atoms. The Kier molecular flexibility index (Phi) is 5.76. The zero-order valence-corrected chi connectivity index (χ0v) is 16.3. The summed E-state index contributed by atoms with van der Waals surface area (Å²) in [6, 6.07) is 14.0. The van der Waals surface area contributed by atoms with Crippen molar-refractivity contribution in [2.24, 2.45) is 0 Å². The van der Waals surface area contributed by atoms with E-state index in [1.807, 2.05) is 11.4 Å². The van der Waals surface area contributed by atoms with Gasteiger partial charge in [-0.25, -0.2) is 0 Å². The van der Waals surface area contributed by atoms with Crippen molar-refractivity contribution >= 4 is 22.9 Å².